The van der Waals surface area contributed by atoms with Crippen LogP contribution in [0, 0.1) is 0 Å². The van der Waals surface area contributed by atoms with Crippen LogP contribution in [0.5, 0.6) is 5.75 Å². The first-order chi connectivity index (χ1) is 9.10. The van der Waals surface area contributed by atoms with Crippen molar-refractivity contribution >= 4 is 23.5 Å². The summed E-state index contributed by atoms with van der Waals surface area (Å²) in [5.74, 6) is -1.36. The fourth-order valence-electron chi connectivity index (χ4n) is 1.42. The van der Waals surface area contributed by atoms with Gasteiger partial charge in [0, 0.05) is 5.02 Å². The zero-order chi connectivity index (χ0) is 15.5. The first-order valence-corrected chi connectivity index (χ1v) is 6.50. The van der Waals surface area contributed by atoms with Crippen LogP contribution in [0.15, 0.2) is 18.2 Å². The Kier molecular flexibility index (Phi) is 5.00. The Bertz CT molecular complexity index is 522. The van der Waals surface area contributed by atoms with Gasteiger partial charge in [-0.15, -0.1) is 0 Å². The number of halogens is 1. The molecule has 0 aliphatic heterocycles. The minimum atomic E-state index is -0.822. The molecular weight excluding hydrogens is 282 g/mol. The molecule has 0 aliphatic rings. The van der Waals surface area contributed by atoms with Gasteiger partial charge < -0.3 is 15.2 Å². The molecule has 0 unspecified atom stereocenters. The standard InChI is InChI=1S/C14H18ClNO4/c1-8(13(19)20-14(2,3)4)16-12(18)10-6-5-9(15)7-11(10)17/h5-8,17H,1-4H3,(H,16,18)/t8-/m0/s1. The molecule has 0 bridgehead atoms. The Morgan fingerprint density at radius 3 is 2.45 bits per heavy atom. The zero-order valence-electron chi connectivity index (χ0n) is 11.9. The number of carbonyl (C=O) groups excluding carboxylic acids is 2. The molecule has 1 amide bonds. The van der Waals surface area contributed by atoms with Crippen LogP contribution in [0.2, 0.25) is 5.02 Å². The predicted molar refractivity (Wildman–Crippen MR) is 75.9 cm³/mol. The summed E-state index contributed by atoms with van der Waals surface area (Å²) in [5, 5.41) is 12.4. The summed E-state index contributed by atoms with van der Waals surface area (Å²) in [6.45, 7) is 6.73. The third kappa shape index (κ3) is 4.74. The number of phenols is 1. The molecule has 0 fully saturated rings. The summed E-state index contributed by atoms with van der Waals surface area (Å²) in [4.78, 5) is 23.7. The van der Waals surface area contributed by atoms with Gasteiger partial charge in [-0.25, -0.2) is 4.79 Å². The number of hydrogen-bond donors (Lipinski definition) is 2. The molecule has 0 aromatic heterocycles. The molecule has 1 atom stereocenters. The average molecular weight is 300 g/mol. The van der Waals surface area contributed by atoms with Crippen molar-refractivity contribution in [3.8, 4) is 5.75 Å². The quantitative estimate of drug-likeness (QED) is 0.841. The van der Waals surface area contributed by atoms with Gasteiger partial charge in [-0.1, -0.05) is 11.6 Å². The van der Waals surface area contributed by atoms with Crippen molar-refractivity contribution in [2.24, 2.45) is 0 Å². The van der Waals surface area contributed by atoms with E-state index in [1.807, 2.05) is 0 Å². The number of rotatable bonds is 3. The highest BCUT2D eigenvalue weighted by Crippen LogP contribution is 2.21. The fraction of sp³-hybridized carbons (Fsp3) is 0.429. The van der Waals surface area contributed by atoms with E-state index in [-0.39, 0.29) is 11.3 Å². The topological polar surface area (TPSA) is 75.6 Å². The highest BCUT2D eigenvalue weighted by Gasteiger charge is 2.24. The molecule has 20 heavy (non-hydrogen) atoms. The second-order valence-electron chi connectivity index (χ2n) is 5.39. The molecule has 0 aliphatic carbocycles. The van der Waals surface area contributed by atoms with E-state index in [9.17, 15) is 14.7 Å². The number of hydrogen-bond acceptors (Lipinski definition) is 4. The molecule has 0 radical (unpaired) electrons. The van der Waals surface area contributed by atoms with Crippen molar-refractivity contribution in [3.05, 3.63) is 28.8 Å². The van der Waals surface area contributed by atoms with Crippen molar-refractivity contribution < 1.29 is 19.4 Å². The van der Waals surface area contributed by atoms with E-state index in [0.717, 1.165) is 0 Å². The summed E-state index contributed by atoms with van der Waals surface area (Å²) in [6.07, 6.45) is 0. The van der Waals surface area contributed by atoms with E-state index < -0.39 is 23.5 Å². The van der Waals surface area contributed by atoms with Crippen LogP contribution in [-0.4, -0.2) is 28.6 Å². The lowest BCUT2D eigenvalue weighted by molar-refractivity contribution is -0.156. The minimum absolute atomic E-state index is 0.0461. The number of nitrogens with one attached hydrogen (secondary N) is 1. The predicted octanol–water partition coefficient (Wildman–Crippen LogP) is 2.51. The summed E-state index contributed by atoms with van der Waals surface area (Å²) in [5.41, 5.74) is -0.580. The van der Waals surface area contributed by atoms with Gasteiger partial charge in [0.2, 0.25) is 0 Å². The van der Waals surface area contributed by atoms with Gasteiger partial charge in [-0.2, -0.15) is 0 Å². The zero-order valence-corrected chi connectivity index (χ0v) is 12.6. The largest absolute Gasteiger partial charge is 0.507 e. The highest BCUT2D eigenvalue weighted by molar-refractivity contribution is 6.30. The average Bonchev–Trinajstić information content (AvgIpc) is 2.26. The fourth-order valence-corrected chi connectivity index (χ4v) is 1.59. The number of carbonyl (C=O) groups is 2. The van der Waals surface area contributed by atoms with Crippen LogP contribution < -0.4 is 5.32 Å². The second-order valence-corrected chi connectivity index (χ2v) is 5.83. The van der Waals surface area contributed by atoms with Crippen LogP contribution in [0.1, 0.15) is 38.1 Å². The summed E-state index contributed by atoms with van der Waals surface area (Å²) < 4.78 is 5.15. The Morgan fingerprint density at radius 2 is 1.95 bits per heavy atom. The van der Waals surface area contributed by atoms with Crippen LogP contribution in [-0.2, 0) is 9.53 Å². The number of aromatic hydroxyl groups is 1. The Balaban J connectivity index is 2.73. The normalized spacial score (nSPS) is 12.7. The maximum atomic E-state index is 11.9. The van der Waals surface area contributed by atoms with Crippen LogP contribution in [0.4, 0.5) is 0 Å². The van der Waals surface area contributed by atoms with Crippen LogP contribution >= 0.6 is 11.6 Å². The highest BCUT2D eigenvalue weighted by atomic mass is 35.5. The lowest BCUT2D eigenvalue weighted by Gasteiger charge is -2.22. The first-order valence-electron chi connectivity index (χ1n) is 6.12. The number of esters is 1. The van der Waals surface area contributed by atoms with Crippen molar-refractivity contribution in [3.63, 3.8) is 0 Å². The summed E-state index contributed by atoms with van der Waals surface area (Å²) >= 11 is 5.68. The van der Waals surface area contributed by atoms with Gasteiger partial charge in [-0.05, 0) is 45.9 Å². The molecule has 0 saturated heterocycles. The van der Waals surface area contributed by atoms with Crippen molar-refractivity contribution in [2.45, 2.75) is 39.3 Å². The molecule has 0 heterocycles. The number of phenolic OH excluding ortho intramolecular Hbond substituents is 1. The molecule has 2 N–H and O–H groups in total. The third-order valence-corrected chi connectivity index (χ3v) is 2.55. The van der Waals surface area contributed by atoms with E-state index >= 15 is 0 Å². The smallest absolute Gasteiger partial charge is 0.328 e. The van der Waals surface area contributed by atoms with E-state index in [0.29, 0.717) is 5.02 Å². The van der Waals surface area contributed by atoms with Gasteiger partial charge in [0.15, 0.2) is 0 Å². The number of benzene rings is 1. The van der Waals surface area contributed by atoms with Crippen molar-refractivity contribution in [2.75, 3.05) is 0 Å². The molecule has 1 aromatic rings. The van der Waals surface area contributed by atoms with Crippen LogP contribution in [0.25, 0.3) is 0 Å². The van der Waals surface area contributed by atoms with E-state index in [4.69, 9.17) is 16.3 Å². The lowest BCUT2D eigenvalue weighted by Crippen LogP contribution is -2.42. The van der Waals surface area contributed by atoms with E-state index in [1.165, 1.54) is 25.1 Å². The number of ether oxygens (including phenoxy) is 1. The van der Waals surface area contributed by atoms with Gasteiger partial charge >= 0.3 is 5.97 Å². The molecule has 1 rings (SSSR count). The molecule has 110 valence electrons. The maximum absolute atomic E-state index is 11.9. The lowest BCUT2D eigenvalue weighted by atomic mass is 10.1. The molecular formula is C14H18ClNO4. The third-order valence-electron chi connectivity index (χ3n) is 2.31. The Morgan fingerprint density at radius 1 is 1.35 bits per heavy atom. The second kappa shape index (κ2) is 6.13. The maximum Gasteiger partial charge on any atom is 0.328 e. The van der Waals surface area contributed by atoms with Crippen molar-refractivity contribution in [1.29, 1.82) is 0 Å². The molecule has 0 saturated carbocycles. The number of amides is 1. The first kappa shape index (κ1) is 16.3. The molecule has 1 aromatic carbocycles. The Hall–Kier alpha value is -1.75. The van der Waals surface area contributed by atoms with Gasteiger partial charge in [0.05, 0.1) is 5.56 Å². The SMILES string of the molecule is C[C@H](NC(=O)c1ccc(Cl)cc1O)C(=O)OC(C)(C)C. The van der Waals surface area contributed by atoms with Gasteiger partial charge in [0.25, 0.3) is 5.91 Å². The van der Waals surface area contributed by atoms with Gasteiger partial charge in [-0.3, -0.25) is 4.79 Å². The molecule has 6 heteroatoms. The molecule has 5 nitrogen and oxygen atoms in total. The Labute approximate surface area is 122 Å². The van der Waals surface area contributed by atoms with Crippen LogP contribution in [0.3, 0.4) is 0 Å². The summed E-state index contributed by atoms with van der Waals surface area (Å²) in [7, 11) is 0. The van der Waals surface area contributed by atoms with Crippen molar-refractivity contribution in [1.82, 2.24) is 5.32 Å². The molecule has 0 spiro atoms. The summed E-state index contributed by atoms with van der Waals surface area (Å²) in [6, 6.07) is 3.30. The minimum Gasteiger partial charge on any atom is -0.507 e. The van der Waals surface area contributed by atoms with E-state index in [1.54, 1.807) is 20.8 Å². The monoisotopic (exact) mass is 299 g/mol. The van der Waals surface area contributed by atoms with Gasteiger partial charge in [0.1, 0.15) is 17.4 Å². The van der Waals surface area contributed by atoms with E-state index in [2.05, 4.69) is 5.32 Å².